The molecule has 4 aromatic rings. The summed E-state index contributed by atoms with van der Waals surface area (Å²) < 4.78 is 18.7. The molecular weight excluding hydrogens is 538 g/mol. The molecule has 0 spiro atoms. The van der Waals surface area contributed by atoms with Crippen molar-refractivity contribution in [1.82, 2.24) is 14.5 Å². The first-order valence-corrected chi connectivity index (χ1v) is 14.5. The lowest BCUT2D eigenvalue weighted by molar-refractivity contribution is -0.139. The second-order valence-electron chi connectivity index (χ2n) is 10.2. The molecule has 7 nitrogen and oxygen atoms in total. The van der Waals surface area contributed by atoms with Crippen LogP contribution >= 0.6 is 11.6 Å². The summed E-state index contributed by atoms with van der Waals surface area (Å²) in [4.78, 5) is 18.9. The van der Waals surface area contributed by atoms with E-state index in [1.165, 1.54) is 7.11 Å². The Hall–Kier alpha value is -3.81. The lowest BCUT2D eigenvalue weighted by atomic mass is 10.1. The van der Waals surface area contributed by atoms with Gasteiger partial charge in [0.2, 0.25) is 0 Å². The monoisotopic (exact) mass is 573 g/mol. The number of carbonyl (C=O) groups excluding carboxylic acids is 1. The maximum absolute atomic E-state index is 11.7. The average molecular weight is 574 g/mol. The number of hydrogen-bond acceptors (Lipinski definition) is 6. The van der Waals surface area contributed by atoms with Crippen molar-refractivity contribution < 1.29 is 19.0 Å². The van der Waals surface area contributed by atoms with Gasteiger partial charge in [-0.2, -0.15) is 0 Å². The van der Waals surface area contributed by atoms with Crippen molar-refractivity contribution in [2.75, 3.05) is 20.3 Å². The van der Waals surface area contributed by atoms with Crippen molar-refractivity contribution in [1.29, 1.82) is 0 Å². The lowest BCUT2D eigenvalue weighted by Crippen LogP contribution is -2.25. The van der Waals surface area contributed by atoms with Gasteiger partial charge in [-0.25, -0.2) is 4.98 Å². The van der Waals surface area contributed by atoms with E-state index in [0.717, 1.165) is 64.7 Å². The van der Waals surface area contributed by atoms with Crippen LogP contribution in [0.3, 0.4) is 0 Å². The summed E-state index contributed by atoms with van der Waals surface area (Å²) >= 11 is 6.87. The fraction of sp³-hybridized carbons (Fsp3) is 0.333. The van der Waals surface area contributed by atoms with Gasteiger partial charge in [0.1, 0.15) is 19.0 Å². The van der Waals surface area contributed by atoms with Gasteiger partial charge in [0.15, 0.2) is 16.7 Å². The molecule has 0 saturated heterocycles. The second-order valence-corrected chi connectivity index (χ2v) is 10.6. The van der Waals surface area contributed by atoms with Gasteiger partial charge in [-0.15, -0.1) is 0 Å². The second kappa shape index (κ2) is 13.7. The minimum absolute atomic E-state index is 0.248. The quantitative estimate of drug-likeness (QED) is 0.176. The van der Waals surface area contributed by atoms with Crippen LogP contribution in [0, 0.1) is 0 Å². The van der Waals surface area contributed by atoms with Gasteiger partial charge >= 0.3 is 5.97 Å². The maximum atomic E-state index is 11.7. The normalized spacial score (nSPS) is 12.5. The molecular formula is C33H36ClN3O4. The lowest BCUT2D eigenvalue weighted by Gasteiger charge is -2.25. The van der Waals surface area contributed by atoms with Crippen LogP contribution in [-0.2, 0) is 42.1 Å². The smallest absolute Gasteiger partial charge is 0.309 e. The minimum atomic E-state index is -0.248. The van der Waals surface area contributed by atoms with Crippen LogP contribution in [0.15, 0.2) is 72.8 Å². The number of rotatable bonds is 12. The Kier molecular flexibility index (Phi) is 9.59. The molecule has 0 fully saturated rings. The first kappa shape index (κ1) is 28.7. The summed E-state index contributed by atoms with van der Waals surface area (Å²) in [5.41, 5.74) is 5.23. The fourth-order valence-electron chi connectivity index (χ4n) is 5.06. The molecule has 0 N–H and O–H groups in total. The van der Waals surface area contributed by atoms with Gasteiger partial charge in [0.25, 0.3) is 0 Å². The minimum Gasteiger partial charge on any atom is -0.486 e. The van der Waals surface area contributed by atoms with E-state index in [-0.39, 0.29) is 12.4 Å². The predicted octanol–water partition coefficient (Wildman–Crippen LogP) is 6.69. The van der Waals surface area contributed by atoms with E-state index in [1.807, 2.05) is 36.4 Å². The number of imidazole rings is 1. The molecule has 214 valence electrons. The molecule has 0 saturated carbocycles. The SMILES string of the molecule is CCCCn1c(-c2ccccc2)nc(Cl)c1CN(Cc1ccc(CC(=O)OC)cc1)Cc1ccc2c(c1)OCCO2. The molecule has 1 aliphatic rings. The van der Waals surface area contributed by atoms with E-state index < -0.39 is 0 Å². The number of aromatic nitrogens is 2. The molecule has 5 rings (SSSR count). The average Bonchev–Trinajstić information content (AvgIpc) is 3.31. The molecule has 0 atom stereocenters. The Morgan fingerprint density at radius 3 is 2.34 bits per heavy atom. The number of hydrogen-bond donors (Lipinski definition) is 0. The Balaban J connectivity index is 1.45. The molecule has 0 amide bonds. The highest BCUT2D eigenvalue weighted by atomic mass is 35.5. The van der Waals surface area contributed by atoms with Gasteiger partial charge in [-0.05, 0) is 35.2 Å². The van der Waals surface area contributed by atoms with E-state index in [9.17, 15) is 4.79 Å². The molecule has 1 aliphatic heterocycles. The topological polar surface area (TPSA) is 65.8 Å². The summed E-state index contributed by atoms with van der Waals surface area (Å²) in [5.74, 6) is 2.20. The first-order valence-electron chi connectivity index (χ1n) is 14.1. The van der Waals surface area contributed by atoms with Gasteiger partial charge < -0.3 is 18.8 Å². The van der Waals surface area contributed by atoms with Crippen molar-refractivity contribution in [2.24, 2.45) is 0 Å². The molecule has 3 aromatic carbocycles. The van der Waals surface area contributed by atoms with Crippen LogP contribution in [-0.4, -0.2) is 40.7 Å². The highest BCUT2D eigenvalue weighted by molar-refractivity contribution is 6.30. The van der Waals surface area contributed by atoms with Gasteiger partial charge in [-0.1, -0.05) is 85.6 Å². The van der Waals surface area contributed by atoms with E-state index in [0.29, 0.717) is 38.0 Å². The standard InChI is InChI=1S/C33H36ClN3O4/c1-3-4-16-37-28(32(34)35-33(37)27-8-6-5-7-9-27)23-36(21-25-12-10-24(11-13-25)20-31(38)39-2)22-26-14-15-29-30(19-26)41-18-17-40-29/h5-15,19H,3-4,16-18,20-23H2,1-2H3. The summed E-state index contributed by atoms with van der Waals surface area (Å²) in [6.45, 7) is 6.12. The third kappa shape index (κ3) is 7.29. The van der Waals surface area contributed by atoms with Crippen LogP contribution in [0.4, 0.5) is 0 Å². The third-order valence-electron chi connectivity index (χ3n) is 7.18. The highest BCUT2D eigenvalue weighted by Crippen LogP contribution is 2.32. The van der Waals surface area contributed by atoms with Crippen molar-refractivity contribution in [3.8, 4) is 22.9 Å². The number of fused-ring (bicyclic) bond motifs is 1. The third-order valence-corrected chi connectivity index (χ3v) is 7.49. The van der Waals surface area contributed by atoms with E-state index >= 15 is 0 Å². The van der Waals surface area contributed by atoms with Crippen LogP contribution in [0.25, 0.3) is 11.4 Å². The van der Waals surface area contributed by atoms with Gasteiger partial charge in [0, 0.05) is 31.7 Å². The van der Waals surface area contributed by atoms with E-state index in [2.05, 4.69) is 52.8 Å². The zero-order chi connectivity index (χ0) is 28.6. The van der Waals surface area contributed by atoms with Gasteiger partial charge in [0.05, 0.1) is 19.2 Å². The number of esters is 1. The Labute approximate surface area is 246 Å². The largest absolute Gasteiger partial charge is 0.486 e. The van der Waals surface area contributed by atoms with Crippen molar-refractivity contribution in [3.63, 3.8) is 0 Å². The zero-order valence-electron chi connectivity index (χ0n) is 23.6. The number of benzene rings is 3. The predicted molar refractivity (Wildman–Crippen MR) is 160 cm³/mol. The molecule has 8 heteroatoms. The Morgan fingerprint density at radius 2 is 1.61 bits per heavy atom. The highest BCUT2D eigenvalue weighted by Gasteiger charge is 2.21. The number of carbonyl (C=O) groups is 1. The summed E-state index contributed by atoms with van der Waals surface area (Å²) in [6, 6.07) is 24.5. The van der Waals surface area contributed by atoms with Gasteiger partial charge in [-0.3, -0.25) is 9.69 Å². The van der Waals surface area contributed by atoms with Crippen molar-refractivity contribution >= 4 is 17.6 Å². The maximum Gasteiger partial charge on any atom is 0.309 e. The number of halogens is 1. The van der Waals surface area contributed by atoms with E-state index in [1.54, 1.807) is 0 Å². The summed E-state index contributed by atoms with van der Waals surface area (Å²) in [7, 11) is 1.41. The summed E-state index contributed by atoms with van der Waals surface area (Å²) in [5, 5.41) is 0.528. The fourth-order valence-corrected chi connectivity index (χ4v) is 5.30. The first-order chi connectivity index (χ1) is 20.0. The molecule has 1 aromatic heterocycles. The van der Waals surface area contributed by atoms with Crippen LogP contribution in [0.2, 0.25) is 5.15 Å². The molecule has 0 aliphatic carbocycles. The van der Waals surface area contributed by atoms with Crippen molar-refractivity contribution in [2.45, 2.75) is 52.4 Å². The number of unbranched alkanes of at least 4 members (excludes halogenated alkanes) is 1. The summed E-state index contributed by atoms with van der Waals surface area (Å²) in [6.07, 6.45) is 2.36. The Morgan fingerprint density at radius 1 is 0.927 bits per heavy atom. The Bertz CT molecular complexity index is 1450. The molecule has 0 radical (unpaired) electrons. The molecule has 0 bridgehead atoms. The zero-order valence-corrected chi connectivity index (χ0v) is 24.4. The number of ether oxygens (including phenoxy) is 3. The molecule has 0 unspecified atom stereocenters. The van der Waals surface area contributed by atoms with E-state index in [4.69, 9.17) is 30.8 Å². The number of methoxy groups -OCH3 is 1. The number of nitrogens with zero attached hydrogens (tertiary/aromatic N) is 3. The molecule has 2 heterocycles. The van der Waals surface area contributed by atoms with Crippen LogP contribution in [0.5, 0.6) is 11.5 Å². The van der Waals surface area contributed by atoms with Crippen LogP contribution < -0.4 is 9.47 Å². The molecule has 41 heavy (non-hydrogen) atoms. The van der Waals surface area contributed by atoms with Crippen LogP contribution in [0.1, 0.15) is 42.1 Å². The van der Waals surface area contributed by atoms with Crippen molar-refractivity contribution in [3.05, 3.63) is 100 Å².